The lowest BCUT2D eigenvalue weighted by molar-refractivity contribution is 1.10. The summed E-state index contributed by atoms with van der Waals surface area (Å²) in [5.41, 5.74) is 2.45. The van der Waals surface area contributed by atoms with E-state index in [1.165, 1.54) is 5.56 Å². The summed E-state index contributed by atoms with van der Waals surface area (Å²) in [5.74, 6) is 0. The van der Waals surface area contributed by atoms with Crippen molar-refractivity contribution in [2.75, 3.05) is 0 Å². The van der Waals surface area contributed by atoms with Gasteiger partial charge in [-0.1, -0.05) is 0 Å². The Morgan fingerprint density at radius 2 is 2.44 bits per heavy atom. The van der Waals surface area contributed by atoms with Crippen LogP contribution in [0, 0.1) is 0 Å². The SMILES string of the molecule is C1=NCc2ccncc21. The molecule has 2 nitrogen and oxygen atoms in total. The third-order valence-electron chi connectivity index (χ3n) is 1.44. The van der Waals surface area contributed by atoms with Crippen molar-refractivity contribution in [1.29, 1.82) is 0 Å². The zero-order valence-electron chi connectivity index (χ0n) is 4.91. The van der Waals surface area contributed by atoms with Gasteiger partial charge >= 0.3 is 0 Å². The number of hydrogen-bond acceptors (Lipinski definition) is 2. The summed E-state index contributed by atoms with van der Waals surface area (Å²) < 4.78 is 0. The fraction of sp³-hybridized carbons (Fsp3) is 0.143. The van der Waals surface area contributed by atoms with E-state index in [1.54, 1.807) is 6.20 Å². The van der Waals surface area contributed by atoms with Gasteiger partial charge in [0.1, 0.15) is 0 Å². The first kappa shape index (κ1) is 4.68. The Kier molecular flexibility index (Phi) is 0.859. The van der Waals surface area contributed by atoms with Gasteiger partial charge < -0.3 is 0 Å². The molecule has 0 amide bonds. The number of pyridine rings is 1. The molecule has 1 aromatic rings. The minimum atomic E-state index is 0.831. The van der Waals surface area contributed by atoms with Crippen LogP contribution in [0.2, 0.25) is 0 Å². The van der Waals surface area contributed by atoms with Crippen LogP contribution in [-0.2, 0) is 6.54 Å². The summed E-state index contributed by atoms with van der Waals surface area (Å²) in [5, 5.41) is 0. The minimum Gasteiger partial charge on any atom is -0.288 e. The van der Waals surface area contributed by atoms with Gasteiger partial charge in [-0.25, -0.2) is 0 Å². The first-order valence-electron chi connectivity index (χ1n) is 2.89. The Morgan fingerprint density at radius 1 is 1.44 bits per heavy atom. The molecule has 0 bridgehead atoms. The Hall–Kier alpha value is -1.18. The van der Waals surface area contributed by atoms with E-state index in [2.05, 4.69) is 9.98 Å². The van der Waals surface area contributed by atoms with Crippen LogP contribution in [0.15, 0.2) is 23.5 Å². The molecule has 9 heavy (non-hydrogen) atoms. The van der Waals surface area contributed by atoms with Gasteiger partial charge in [0, 0.05) is 24.2 Å². The van der Waals surface area contributed by atoms with E-state index in [0.29, 0.717) is 0 Å². The van der Waals surface area contributed by atoms with Crippen LogP contribution in [0.4, 0.5) is 0 Å². The molecule has 2 heteroatoms. The molecule has 0 atom stereocenters. The largest absolute Gasteiger partial charge is 0.288 e. The predicted molar refractivity (Wildman–Crippen MR) is 35.5 cm³/mol. The van der Waals surface area contributed by atoms with Crippen LogP contribution in [0.1, 0.15) is 11.1 Å². The first-order chi connectivity index (χ1) is 4.47. The van der Waals surface area contributed by atoms with Gasteiger partial charge in [-0.15, -0.1) is 0 Å². The molecule has 1 aliphatic heterocycles. The second kappa shape index (κ2) is 1.65. The van der Waals surface area contributed by atoms with E-state index >= 15 is 0 Å². The van der Waals surface area contributed by atoms with E-state index < -0.39 is 0 Å². The van der Waals surface area contributed by atoms with E-state index in [-0.39, 0.29) is 0 Å². The lowest BCUT2D eigenvalue weighted by atomic mass is 10.2. The standard InChI is InChI=1S/C7H6N2/c1-2-8-4-7-5-9-3-6(1)7/h1-2,4-5H,3H2. The molecule has 0 radical (unpaired) electrons. The maximum absolute atomic E-state index is 4.09. The highest BCUT2D eigenvalue weighted by molar-refractivity contribution is 5.83. The molecule has 0 saturated carbocycles. The number of aliphatic imine (C=N–C) groups is 1. The van der Waals surface area contributed by atoms with E-state index in [1.807, 2.05) is 18.5 Å². The summed E-state index contributed by atoms with van der Waals surface area (Å²) in [4.78, 5) is 8.05. The number of nitrogens with zero attached hydrogens (tertiary/aromatic N) is 2. The maximum Gasteiger partial charge on any atom is 0.0647 e. The van der Waals surface area contributed by atoms with Crippen LogP contribution in [0.25, 0.3) is 0 Å². The van der Waals surface area contributed by atoms with Crippen molar-refractivity contribution < 1.29 is 0 Å². The van der Waals surface area contributed by atoms with E-state index in [4.69, 9.17) is 0 Å². The van der Waals surface area contributed by atoms with E-state index in [0.717, 1.165) is 12.1 Å². The van der Waals surface area contributed by atoms with E-state index in [9.17, 15) is 0 Å². The van der Waals surface area contributed by atoms with Crippen molar-refractivity contribution in [3.63, 3.8) is 0 Å². The smallest absolute Gasteiger partial charge is 0.0647 e. The average Bonchev–Trinajstić information content (AvgIpc) is 2.33. The van der Waals surface area contributed by atoms with Crippen molar-refractivity contribution in [3.05, 3.63) is 29.6 Å². The zero-order chi connectivity index (χ0) is 6.10. The molecule has 0 fully saturated rings. The summed E-state index contributed by atoms with van der Waals surface area (Å²) >= 11 is 0. The quantitative estimate of drug-likeness (QED) is 0.499. The second-order valence-electron chi connectivity index (χ2n) is 2.04. The number of aromatic nitrogens is 1. The van der Waals surface area contributed by atoms with Gasteiger partial charge in [0.2, 0.25) is 0 Å². The van der Waals surface area contributed by atoms with Gasteiger partial charge in [0.25, 0.3) is 0 Å². The van der Waals surface area contributed by atoms with Gasteiger partial charge in [-0.05, 0) is 11.6 Å². The number of fused-ring (bicyclic) bond motifs is 1. The lowest BCUT2D eigenvalue weighted by Gasteiger charge is -1.90. The third kappa shape index (κ3) is 0.633. The predicted octanol–water partition coefficient (Wildman–Crippen LogP) is 1.01. The molecule has 1 aliphatic rings. The molecular formula is C7H6N2. The fourth-order valence-corrected chi connectivity index (χ4v) is 0.938. The average molecular weight is 118 g/mol. The molecule has 2 heterocycles. The van der Waals surface area contributed by atoms with Crippen molar-refractivity contribution in [1.82, 2.24) is 4.98 Å². The second-order valence-corrected chi connectivity index (χ2v) is 2.04. The summed E-state index contributed by atoms with van der Waals surface area (Å²) in [6.07, 6.45) is 5.50. The van der Waals surface area contributed by atoms with Crippen LogP contribution >= 0.6 is 0 Å². The highest BCUT2D eigenvalue weighted by Gasteiger charge is 2.02. The molecular weight excluding hydrogens is 112 g/mol. The molecule has 0 saturated heterocycles. The van der Waals surface area contributed by atoms with Crippen molar-refractivity contribution in [2.45, 2.75) is 6.54 Å². The Balaban J connectivity index is 2.63. The molecule has 2 rings (SSSR count). The van der Waals surface area contributed by atoms with Gasteiger partial charge in [-0.3, -0.25) is 9.98 Å². The summed E-state index contributed by atoms with van der Waals surface area (Å²) in [7, 11) is 0. The van der Waals surface area contributed by atoms with Crippen LogP contribution in [0.5, 0.6) is 0 Å². The molecule has 44 valence electrons. The lowest BCUT2D eigenvalue weighted by Crippen LogP contribution is -1.83. The molecule has 0 N–H and O–H groups in total. The third-order valence-corrected chi connectivity index (χ3v) is 1.44. The van der Waals surface area contributed by atoms with Crippen LogP contribution < -0.4 is 0 Å². The monoisotopic (exact) mass is 118 g/mol. The van der Waals surface area contributed by atoms with Crippen LogP contribution in [-0.4, -0.2) is 11.2 Å². The highest BCUT2D eigenvalue weighted by Crippen LogP contribution is 2.10. The number of hydrogen-bond donors (Lipinski definition) is 0. The maximum atomic E-state index is 4.09. The van der Waals surface area contributed by atoms with Gasteiger partial charge in [0.05, 0.1) is 6.54 Å². The molecule has 0 spiro atoms. The summed E-state index contributed by atoms with van der Waals surface area (Å²) in [6, 6.07) is 2.00. The molecule has 0 aliphatic carbocycles. The molecule has 0 unspecified atom stereocenters. The molecule has 1 aromatic heterocycles. The van der Waals surface area contributed by atoms with Gasteiger partial charge in [0.15, 0.2) is 0 Å². The highest BCUT2D eigenvalue weighted by atomic mass is 14.7. The zero-order valence-corrected chi connectivity index (χ0v) is 4.91. The summed E-state index contributed by atoms with van der Waals surface area (Å²) in [6.45, 7) is 0.831. The topological polar surface area (TPSA) is 25.2 Å². The Labute approximate surface area is 53.3 Å². The first-order valence-corrected chi connectivity index (χ1v) is 2.89. The van der Waals surface area contributed by atoms with Crippen molar-refractivity contribution in [2.24, 2.45) is 4.99 Å². The Morgan fingerprint density at radius 3 is 3.33 bits per heavy atom. The van der Waals surface area contributed by atoms with Gasteiger partial charge in [-0.2, -0.15) is 0 Å². The van der Waals surface area contributed by atoms with Crippen LogP contribution in [0.3, 0.4) is 0 Å². The van der Waals surface area contributed by atoms with Crippen molar-refractivity contribution >= 4 is 6.21 Å². The molecule has 0 aromatic carbocycles. The Bertz CT molecular complexity index is 253. The normalized spacial score (nSPS) is 13.8. The fourth-order valence-electron chi connectivity index (χ4n) is 0.938. The van der Waals surface area contributed by atoms with Crippen molar-refractivity contribution in [3.8, 4) is 0 Å². The minimum absolute atomic E-state index is 0.831. The number of rotatable bonds is 0.